The van der Waals surface area contributed by atoms with Gasteiger partial charge < -0.3 is 0 Å². The van der Waals surface area contributed by atoms with Crippen molar-refractivity contribution in [3.8, 4) is 0 Å². The van der Waals surface area contributed by atoms with Gasteiger partial charge in [0.2, 0.25) is 0 Å². The standard InChI is InChI=1S/C12H17NOS/c1-3-4-11-9-13(11)15(14)12-7-5-10(2)6-8-12/h5-8,11H,3-4,9H2,1-2H3/t11?,13?,15-/m0/s1. The van der Waals surface area contributed by atoms with Crippen LogP contribution in [0.5, 0.6) is 0 Å². The van der Waals surface area contributed by atoms with E-state index in [4.69, 9.17) is 0 Å². The molecule has 3 atom stereocenters. The zero-order chi connectivity index (χ0) is 10.8. The highest BCUT2D eigenvalue weighted by molar-refractivity contribution is 7.83. The second-order valence-electron chi connectivity index (χ2n) is 4.10. The molecule has 1 saturated heterocycles. The van der Waals surface area contributed by atoms with Crippen LogP contribution in [0.4, 0.5) is 0 Å². The van der Waals surface area contributed by atoms with Crippen LogP contribution in [-0.2, 0) is 11.0 Å². The highest BCUT2D eigenvalue weighted by Gasteiger charge is 2.38. The predicted molar refractivity (Wildman–Crippen MR) is 63.0 cm³/mol. The van der Waals surface area contributed by atoms with Gasteiger partial charge in [0.25, 0.3) is 0 Å². The Hall–Kier alpha value is -0.670. The molecule has 1 aliphatic heterocycles. The molecule has 82 valence electrons. The molecule has 1 aromatic carbocycles. The topological polar surface area (TPSA) is 20.1 Å². The first-order valence-electron chi connectivity index (χ1n) is 5.47. The van der Waals surface area contributed by atoms with Crippen molar-refractivity contribution in [1.29, 1.82) is 0 Å². The highest BCUT2D eigenvalue weighted by Crippen LogP contribution is 2.28. The van der Waals surface area contributed by atoms with Crippen LogP contribution < -0.4 is 0 Å². The molecule has 0 N–H and O–H groups in total. The van der Waals surface area contributed by atoms with E-state index in [1.54, 1.807) is 0 Å². The Kier molecular flexibility index (Phi) is 3.22. The van der Waals surface area contributed by atoms with Gasteiger partial charge in [-0.3, -0.25) is 0 Å². The van der Waals surface area contributed by atoms with E-state index >= 15 is 0 Å². The summed E-state index contributed by atoms with van der Waals surface area (Å²) in [4.78, 5) is 0.930. The minimum atomic E-state index is -0.931. The van der Waals surface area contributed by atoms with E-state index in [0.717, 1.165) is 17.9 Å². The molecule has 1 aliphatic rings. The molecule has 0 spiro atoms. The van der Waals surface area contributed by atoms with Crippen LogP contribution in [0.1, 0.15) is 25.3 Å². The van der Waals surface area contributed by atoms with Gasteiger partial charge in [-0.15, -0.1) is 0 Å². The van der Waals surface area contributed by atoms with E-state index < -0.39 is 11.0 Å². The average Bonchev–Trinajstić information content (AvgIpc) is 2.98. The van der Waals surface area contributed by atoms with Crippen molar-refractivity contribution in [2.45, 2.75) is 37.6 Å². The molecule has 15 heavy (non-hydrogen) atoms. The first-order chi connectivity index (χ1) is 7.22. The third kappa shape index (κ3) is 2.47. The van der Waals surface area contributed by atoms with Gasteiger partial charge in [-0.1, -0.05) is 31.0 Å². The maximum atomic E-state index is 12.0. The molecule has 0 saturated carbocycles. The summed E-state index contributed by atoms with van der Waals surface area (Å²) in [5.74, 6) is 0. The molecule has 1 heterocycles. The molecule has 1 aromatic rings. The lowest BCUT2D eigenvalue weighted by Crippen LogP contribution is -2.06. The zero-order valence-electron chi connectivity index (χ0n) is 9.27. The third-order valence-corrected chi connectivity index (χ3v) is 4.27. The van der Waals surface area contributed by atoms with Gasteiger partial charge >= 0.3 is 0 Å². The Morgan fingerprint density at radius 2 is 2.07 bits per heavy atom. The van der Waals surface area contributed by atoms with Crippen LogP contribution in [0.25, 0.3) is 0 Å². The Labute approximate surface area is 93.9 Å². The molecule has 3 heteroatoms. The Bertz CT molecular complexity index is 360. The van der Waals surface area contributed by atoms with Crippen LogP contribution in [0.3, 0.4) is 0 Å². The van der Waals surface area contributed by atoms with Crippen molar-refractivity contribution in [3.05, 3.63) is 29.8 Å². The summed E-state index contributed by atoms with van der Waals surface area (Å²) in [6.45, 7) is 5.21. The minimum Gasteiger partial charge on any atom is -0.237 e. The van der Waals surface area contributed by atoms with E-state index in [1.807, 2.05) is 31.2 Å². The summed E-state index contributed by atoms with van der Waals surface area (Å²) in [5, 5.41) is 0. The first kappa shape index (κ1) is 10.8. The summed E-state index contributed by atoms with van der Waals surface area (Å²) < 4.78 is 14.1. The van der Waals surface area contributed by atoms with Gasteiger partial charge in [-0.25, -0.2) is 8.51 Å². The number of hydrogen-bond acceptors (Lipinski definition) is 1. The molecule has 0 bridgehead atoms. The minimum absolute atomic E-state index is 0.553. The molecule has 1 fully saturated rings. The maximum absolute atomic E-state index is 12.0. The Morgan fingerprint density at radius 1 is 1.40 bits per heavy atom. The van der Waals surface area contributed by atoms with Crippen molar-refractivity contribution >= 4 is 11.0 Å². The fourth-order valence-corrected chi connectivity index (χ4v) is 3.05. The number of hydrogen-bond donors (Lipinski definition) is 0. The molecule has 0 amide bonds. The number of benzene rings is 1. The monoisotopic (exact) mass is 223 g/mol. The van der Waals surface area contributed by atoms with E-state index in [9.17, 15) is 4.21 Å². The van der Waals surface area contributed by atoms with Crippen LogP contribution in [0.2, 0.25) is 0 Å². The summed E-state index contributed by atoms with van der Waals surface area (Å²) >= 11 is 0. The summed E-state index contributed by atoms with van der Waals surface area (Å²) in [7, 11) is -0.931. The van der Waals surface area contributed by atoms with Crippen molar-refractivity contribution < 1.29 is 4.21 Å². The van der Waals surface area contributed by atoms with Gasteiger partial charge in [0.1, 0.15) is 11.0 Å². The molecule has 0 radical (unpaired) electrons. The Morgan fingerprint density at radius 3 is 2.67 bits per heavy atom. The smallest absolute Gasteiger partial charge is 0.127 e. The van der Waals surface area contributed by atoms with E-state index in [0.29, 0.717) is 6.04 Å². The normalized spacial score (nSPS) is 26.3. The quantitative estimate of drug-likeness (QED) is 0.718. The summed E-state index contributed by atoms with van der Waals surface area (Å²) in [5.41, 5.74) is 1.21. The van der Waals surface area contributed by atoms with Crippen LogP contribution in [0.15, 0.2) is 29.2 Å². The maximum Gasteiger partial charge on any atom is 0.127 e. The molecule has 0 aromatic heterocycles. The van der Waals surface area contributed by atoms with Gasteiger partial charge in [-0.05, 0) is 25.5 Å². The number of aryl methyl sites for hydroxylation is 1. The van der Waals surface area contributed by atoms with Crippen LogP contribution in [0, 0.1) is 6.92 Å². The fraction of sp³-hybridized carbons (Fsp3) is 0.500. The Balaban J connectivity index is 2.00. The highest BCUT2D eigenvalue weighted by atomic mass is 32.2. The lowest BCUT2D eigenvalue weighted by molar-refractivity contribution is 0.628. The molecule has 2 nitrogen and oxygen atoms in total. The number of rotatable bonds is 4. The number of nitrogens with zero attached hydrogens (tertiary/aromatic N) is 1. The van der Waals surface area contributed by atoms with Gasteiger partial charge in [-0.2, -0.15) is 0 Å². The summed E-state index contributed by atoms with van der Waals surface area (Å²) in [6, 6.07) is 8.52. The molecular weight excluding hydrogens is 206 g/mol. The zero-order valence-corrected chi connectivity index (χ0v) is 10.1. The predicted octanol–water partition coefficient (Wildman–Crippen LogP) is 2.50. The first-order valence-corrected chi connectivity index (χ1v) is 6.58. The lowest BCUT2D eigenvalue weighted by atomic mass is 10.2. The van der Waals surface area contributed by atoms with Crippen LogP contribution >= 0.6 is 0 Å². The van der Waals surface area contributed by atoms with Gasteiger partial charge in [0.05, 0.1) is 4.90 Å². The molecule has 2 rings (SSSR count). The lowest BCUT2D eigenvalue weighted by Gasteiger charge is -2.03. The summed E-state index contributed by atoms with van der Waals surface area (Å²) in [6.07, 6.45) is 2.34. The molecule has 2 unspecified atom stereocenters. The fourth-order valence-electron chi connectivity index (χ4n) is 1.72. The SMILES string of the molecule is CCCC1CN1[S@@](=O)c1ccc(C)cc1. The largest absolute Gasteiger partial charge is 0.237 e. The average molecular weight is 223 g/mol. The van der Waals surface area contributed by atoms with E-state index in [2.05, 4.69) is 11.2 Å². The van der Waals surface area contributed by atoms with Gasteiger partial charge in [0.15, 0.2) is 0 Å². The van der Waals surface area contributed by atoms with Crippen molar-refractivity contribution in [3.63, 3.8) is 0 Å². The molecule has 0 aliphatic carbocycles. The van der Waals surface area contributed by atoms with E-state index in [1.165, 1.54) is 12.0 Å². The second-order valence-corrected chi connectivity index (χ2v) is 5.54. The second kappa shape index (κ2) is 4.45. The van der Waals surface area contributed by atoms with Gasteiger partial charge in [0, 0.05) is 12.6 Å². The van der Waals surface area contributed by atoms with Crippen molar-refractivity contribution in [2.24, 2.45) is 0 Å². The third-order valence-electron chi connectivity index (χ3n) is 2.72. The van der Waals surface area contributed by atoms with Crippen molar-refractivity contribution in [1.82, 2.24) is 4.31 Å². The van der Waals surface area contributed by atoms with Crippen molar-refractivity contribution in [2.75, 3.05) is 6.54 Å². The molecular formula is C12H17NOS. The van der Waals surface area contributed by atoms with Crippen LogP contribution in [-0.4, -0.2) is 21.1 Å². The van der Waals surface area contributed by atoms with E-state index in [-0.39, 0.29) is 0 Å².